The Morgan fingerprint density at radius 3 is 1.17 bits per heavy atom. The second-order valence-corrected chi connectivity index (χ2v) is 6.99. The van der Waals surface area contributed by atoms with Crippen molar-refractivity contribution in [2.24, 2.45) is 47.3 Å². The first-order chi connectivity index (χ1) is 8.61. The van der Waals surface area contributed by atoms with Crippen LogP contribution in [-0.2, 0) is 0 Å². The van der Waals surface area contributed by atoms with E-state index < -0.39 is 0 Å². The minimum Gasteiger partial charge on any atom is -0.264 e. The maximum absolute atomic E-state index is 11.3. The fourth-order valence-electron chi connectivity index (χ4n) is 7.15. The van der Waals surface area contributed by atoms with Crippen molar-refractivity contribution in [2.75, 3.05) is 0 Å². The highest BCUT2D eigenvalue weighted by Gasteiger charge is 2.84. The fraction of sp³-hybridized carbons (Fsp3) is 1.00. The molecule has 0 aliphatic heterocycles. The van der Waals surface area contributed by atoms with Crippen molar-refractivity contribution in [3.63, 3.8) is 0 Å². The number of hydrogen-bond acceptors (Lipinski definition) is 4. The van der Waals surface area contributed by atoms with Crippen molar-refractivity contribution in [1.29, 1.82) is 0 Å². The Morgan fingerprint density at radius 1 is 0.667 bits per heavy atom. The van der Waals surface area contributed by atoms with Gasteiger partial charge in [-0.05, 0) is 36.5 Å². The second-order valence-electron chi connectivity index (χ2n) is 6.99. The quantitative estimate of drug-likeness (QED) is 0.541. The first-order valence-electron chi connectivity index (χ1n) is 6.88. The minimum absolute atomic E-state index is 0.0704. The van der Waals surface area contributed by atoms with Crippen molar-refractivity contribution < 1.29 is 9.85 Å². The molecule has 0 aromatic rings. The maximum Gasteiger partial charge on any atom is 0.219 e. The standard InChI is InChI=1S/C12H14N2O4/c15-13(16)11-3-1-4-8-7(3)9-5(11)2-6(10(8)9)12(4)14(17)18/h3-12H,1-2H2/t3-,4-,5-,6-,7?,8?,9?,10?,11?,12?/m1/s1. The van der Waals surface area contributed by atoms with Crippen molar-refractivity contribution in [1.82, 2.24) is 0 Å². The summed E-state index contributed by atoms with van der Waals surface area (Å²) in [6.07, 6.45) is 1.51. The van der Waals surface area contributed by atoms with Gasteiger partial charge in [-0.2, -0.15) is 0 Å². The topological polar surface area (TPSA) is 86.3 Å². The Kier molecular flexibility index (Phi) is 1.38. The zero-order valence-electron chi connectivity index (χ0n) is 9.72. The van der Waals surface area contributed by atoms with Crippen LogP contribution in [0.1, 0.15) is 12.8 Å². The highest BCUT2D eigenvalue weighted by molar-refractivity contribution is 5.26. The smallest absolute Gasteiger partial charge is 0.219 e. The van der Waals surface area contributed by atoms with Gasteiger partial charge in [0.1, 0.15) is 0 Å². The lowest BCUT2D eigenvalue weighted by molar-refractivity contribution is -0.549. The third-order valence-corrected chi connectivity index (χ3v) is 7.09. The summed E-state index contributed by atoms with van der Waals surface area (Å²) in [5.41, 5.74) is 0. The third kappa shape index (κ3) is 0.715. The zero-order valence-corrected chi connectivity index (χ0v) is 9.72. The van der Waals surface area contributed by atoms with E-state index in [2.05, 4.69) is 0 Å². The van der Waals surface area contributed by atoms with Crippen molar-refractivity contribution in [3.8, 4) is 0 Å². The lowest BCUT2D eigenvalue weighted by Gasteiger charge is -2.43. The molecule has 0 heterocycles. The third-order valence-electron chi connectivity index (χ3n) is 7.09. The molecular formula is C12H14N2O4. The maximum atomic E-state index is 11.3. The summed E-state index contributed by atoms with van der Waals surface area (Å²) >= 11 is 0. The number of nitro groups is 2. The van der Waals surface area contributed by atoms with E-state index in [1.54, 1.807) is 0 Å². The molecule has 0 amide bonds. The molecule has 0 aromatic heterocycles. The SMILES string of the molecule is O=[N+]([O-])C1[C@@H]2C[C@@H]3C4C2C2C4[C@@H](C[C@H]21)C3[N+](=O)[O-]. The van der Waals surface area contributed by atoms with Crippen LogP contribution >= 0.6 is 0 Å². The first-order valence-corrected chi connectivity index (χ1v) is 6.88. The van der Waals surface area contributed by atoms with Crippen LogP contribution in [0.2, 0.25) is 0 Å². The number of hydrogen-bond donors (Lipinski definition) is 0. The highest BCUT2D eigenvalue weighted by atomic mass is 16.6. The molecule has 0 spiro atoms. The Hall–Kier alpha value is -1.20. The second kappa shape index (κ2) is 2.56. The lowest BCUT2D eigenvalue weighted by Crippen LogP contribution is -2.41. The van der Waals surface area contributed by atoms with Gasteiger partial charge in [0.2, 0.25) is 12.1 Å². The molecule has 5 saturated carbocycles. The van der Waals surface area contributed by atoms with Gasteiger partial charge in [0.05, 0.1) is 0 Å². The van der Waals surface area contributed by atoms with Crippen molar-refractivity contribution in [3.05, 3.63) is 20.2 Å². The van der Waals surface area contributed by atoms with Crippen LogP contribution < -0.4 is 0 Å². The minimum atomic E-state index is -0.379. The average Bonchev–Trinajstić information content (AvgIpc) is 2.71. The summed E-state index contributed by atoms with van der Waals surface area (Å²) in [5, 5.41) is 22.6. The molecule has 18 heavy (non-hydrogen) atoms. The number of rotatable bonds is 2. The highest BCUT2D eigenvalue weighted by Crippen LogP contribution is 2.80. The van der Waals surface area contributed by atoms with Crippen LogP contribution in [0.4, 0.5) is 0 Å². The average molecular weight is 250 g/mol. The molecule has 0 bridgehead atoms. The van der Waals surface area contributed by atoms with Crippen LogP contribution in [0, 0.1) is 67.6 Å². The molecule has 0 saturated heterocycles. The first kappa shape index (κ1) is 9.69. The molecular weight excluding hydrogens is 236 g/mol. The van der Waals surface area contributed by atoms with Gasteiger partial charge in [-0.3, -0.25) is 20.2 Å². The van der Waals surface area contributed by atoms with Crippen LogP contribution in [0.5, 0.6) is 0 Å². The Morgan fingerprint density at radius 2 is 0.944 bits per heavy atom. The molecule has 0 radical (unpaired) electrons. The predicted octanol–water partition coefficient (Wildman–Crippen LogP) is 1.05. The molecule has 4 atom stereocenters. The monoisotopic (exact) mass is 250 g/mol. The molecule has 0 aromatic carbocycles. The summed E-state index contributed by atoms with van der Waals surface area (Å²) in [6.45, 7) is 0. The van der Waals surface area contributed by atoms with Crippen molar-refractivity contribution >= 4 is 0 Å². The summed E-state index contributed by atoms with van der Waals surface area (Å²) in [6, 6.07) is -0.759. The summed E-state index contributed by atoms with van der Waals surface area (Å²) in [5.74, 6) is 2.50. The van der Waals surface area contributed by atoms with Crippen LogP contribution in [0.15, 0.2) is 0 Å². The lowest BCUT2D eigenvalue weighted by atomic mass is 9.60. The molecule has 5 aliphatic carbocycles. The van der Waals surface area contributed by atoms with E-state index in [-0.39, 0.29) is 45.6 Å². The van der Waals surface area contributed by atoms with Gasteiger partial charge in [-0.15, -0.1) is 0 Å². The summed E-state index contributed by atoms with van der Waals surface area (Å²) in [7, 11) is 0. The fourth-order valence-corrected chi connectivity index (χ4v) is 7.15. The molecule has 0 unspecified atom stereocenters. The molecule has 5 aliphatic rings. The largest absolute Gasteiger partial charge is 0.264 e. The molecule has 5 rings (SSSR count). The predicted molar refractivity (Wildman–Crippen MR) is 58.7 cm³/mol. The Balaban J connectivity index is 1.65. The molecule has 5 fully saturated rings. The van der Waals surface area contributed by atoms with E-state index in [0.717, 1.165) is 12.8 Å². The van der Waals surface area contributed by atoms with Gasteiger partial charge in [0, 0.05) is 33.5 Å². The van der Waals surface area contributed by atoms with Crippen LogP contribution in [0.25, 0.3) is 0 Å². The molecule has 96 valence electrons. The summed E-state index contributed by atoms with van der Waals surface area (Å²) in [4.78, 5) is 22.5. The van der Waals surface area contributed by atoms with Gasteiger partial charge in [0.15, 0.2) is 0 Å². The van der Waals surface area contributed by atoms with Crippen LogP contribution in [0.3, 0.4) is 0 Å². The van der Waals surface area contributed by atoms with E-state index in [4.69, 9.17) is 0 Å². The number of nitrogens with zero attached hydrogens (tertiary/aromatic N) is 2. The van der Waals surface area contributed by atoms with Crippen LogP contribution in [-0.4, -0.2) is 21.9 Å². The normalized spacial score (nSPS) is 65.1. The van der Waals surface area contributed by atoms with E-state index in [1.165, 1.54) is 0 Å². The van der Waals surface area contributed by atoms with E-state index >= 15 is 0 Å². The Bertz CT molecular complexity index is 414. The van der Waals surface area contributed by atoms with Gasteiger partial charge in [-0.25, -0.2) is 0 Å². The van der Waals surface area contributed by atoms with Crippen molar-refractivity contribution in [2.45, 2.75) is 24.9 Å². The zero-order chi connectivity index (χ0) is 12.3. The molecule has 6 heteroatoms. The van der Waals surface area contributed by atoms with Gasteiger partial charge < -0.3 is 0 Å². The van der Waals surface area contributed by atoms with E-state index in [0.29, 0.717) is 23.7 Å². The Labute approximate surface area is 103 Å². The van der Waals surface area contributed by atoms with Gasteiger partial charge in [-0.1, -0.05) is 0 Å². The van der Waals surface area contributed by atoms with Gasteiger partial charge in [0.25, 0.3) is 0 Å². The molecule has 6 nitrogen and oxygen atoms in total. The van der Waals surface area contributed by atoms with E-state index in [1.807, 2.05) is 0 Å². The van der Waals surface area contributed by atoms with Gasteiger partial charge >= 0.3 is 0 Å². The molecule has 0 N–H and O–H groups in total. The summed E-state index contributed by atoms with van der Waals surface area (Å²) < 4.78 is 0. The van der Waals surface area contributed by atoms with E-state index in [9.17, 15) is 20.2 Å².